The largest absolute Gasteiger partial charge is 0.315 e. The van der Waals surface area contributed by atoms with Gasteiger partial charge in [-0.05, 0) is 19.4 Å². The Balaban J connectivity index is 1.82. The van der Waals surface area contributed by atoms with Crippen LogP contribution in [-0.2, 0) is 6.42 Å². The van der Waals surface area contributed by atoms with Gasteiger partial charge in [0.15, 0.2) is 4.96 Å². The summed E-state index contributed by atoms with van der Waals surface area (Å²) in [6.45, 7) is 5.42. The van der Waals surface area contributed by atoms with Gasteiger partial charge in [0, 0.05) is 23.8 Å². The minimum atomic E-state index is 0.579. The maximum Gasteiger partial charge on any atom is 0.193 e. The molecular formula is C11H17N3S. The smallest absolute Gasteiger partial charge is 0.193 e. The molecule has 0 fully saturated rings. The number of aryl methyl sites for hydroxylation is 1. The quantitative estimate of drug-likeness (QED) is 0.788. The van der Waals surface area contributed by atoms with E-state index in [-0.39, 0.29) is 0 Å². The molecule has 2 rings (SSSR count). The molecule has 2 heterocycles. The molecule has 0 bridgehead atoms. The van der Waals surface area contributed by atoms with Crippen LogP contribution in [0.2, 0.25) is 0 Å². The predicted octanol–water partition coefficient (Wildman–Crippen LogP) is 2.33. The molecule has 15 heavy (non-hydrogen) atoms. The van der Waals surface area contributed by atoms with Gasteiger partial charge >= 0.3 is 0 Å². The summed E-state index contributed by atoms with van der Waals surface area (Å²) in [6, 6.07) is 0.579. The lowest BCUT2D eigenvalue weighted by atomic mass is 10.2. The molecule has 2 aromatic heterocycles. The van der Waals surface area contributed by atoms with E-state index in [0.29, 0.717) is 6.04 Å². The van der Waals surface area contributed by atoms with Gasteiger partial charge in [-0.15, -0.1) is 11.3 Å². The van der Waals surface area contributed by atoms with Crippen molar-refractivity contribution in [2.75, 3.05) is 6.54 Å². The number of fused-ring (bicyclic) bond motifs is 1. The lowest BCUT2D eigenvalue weighted by molar-refractivity contribution is 0.569. The van der Waals surface area contributed by atoms with Gasteiger partial charge in [0.25, 0.3) is 0 Å². The van der Waals surface area contributed by atoms with Gasteiger partial charge in [0.1, 0.15) is 0 Å². The molecule has 0 saturated carbocycles. The SMILES string of the molecule is CC(C)NCCCc1cn2ccsc2n1. The lowest BCUT2D eigenvalue weighted by Crippen LogP contribution is -2.23. The molecule has 0 amide bonds. The van der Waals surface area contributed by atoms with Crippen molar-refractivity contribution in [3.8, 4) is 0 Å². The highest BCUT2D eigenvalue weighted by atomic mass is 32.1. The second-order valence-corrected chi connectivity index (χ2v) is 4.91. The average Bonchev–Trinajstić information content (AvgIpc) is 2.71. The van der Waals surface area contributed by atoms with Crippen molar-refractivity contribution in [2.45, 2.75) is 32.7 Å². The molecule has 3 nitrogen and oxygen atoms in total. The van der Waals surface area contributed by atoms with Crippen molar-refractivity contribution in [3.05, 3.63) is 23.5 Å². The molecule has 0 aromatic carbocycles. The normalized spacial score (nSPS) is 11.7. The molecule has 82 valence electrons. The summed E-state index contributed by atoms with van der Waals surface area (Å²) in [6.07, 6.45) is 6.40. The molecule has 1 N–H and O–H groups in total. The molecular weight excluding hydrogens is 206 g/mol. The highest BCUT2D eigenvalue weighted by Gasteiger charge is 2.01. The minimum absolute atomic E-state index is 0.579. The lowest BCUT2D eigenvalue weighted by Gasteiger charge is -2.06. The standard InChI is InChI=1S/C11H17N3S/c1-9(2)12-5-3-4-10-8-14-6-7-15-11(14)13-10/h6-9,12H,3-5H2,1-2H3. The van der Waals surface area contributed by atoms with Crippen molar-refractivity contribution in [1.82, 2.24) is 14.7 Å². The van der Waals surface area contributed by atoms with E-state index >= 15 is 0 Å². The minimum Gasteiger partial charge on any atom is -0.315 e. The Hall–Kier alpha value is -0.870. The Labute approximate surface area is 94.1 Å². The molecule has 2 aromatic rings. The van der Waals surface area contributed by atoms with Crippen LogP contribution in [0.1, 0.15) is 26.0 Å². The maximum absolute atomic E-state index is 4.54. The molecule has 0 spiro atoms. The van der Waals surface area contributed by atoms with E-state index in [1.165, 1.54) is 5.69 Å². The van der Waals surface area contributed by atoms with Crippen LogP contribution in [-0.4, -0.2) is 22.0 Å². The van der Waals surface area contributed by atoms with E-state index in [2.05, 4.69) is 46.3 Å². The van der Waals surface area contributed by atoms with Crippen molar-refractivity contribution < 1.29 is 0 Å². The zero-order valence-electron chi connectivity index (χ0n) is 9.23. The Morgan fingerprint density at radius 1 is 1.53 bits per heavy atom. The van der Waals surface area contributed by atoms with E-state index in [4.69, 9.17) is 0 Å². The van der Waals surface area contributed by atoms with E-state index in [1.807, 2.05) is 0 Å². The number of nitrogens with zero attached hydrogens (tertiary/aromatic N) is 2. The number of thiazole rings is 1. The molecule has 4 heteroatoms. The van der Waals surface area contributed by atoms with Gasteiger partial charge in [-0.1, -0.05) is 13.8 Å². The first-order valence-electron chi connectivity index (χ1n) is 5.40. The van der Waals surface area contributed by atoms with Crippen molar-refractivity contribution >= 4 is 16.3 Å². The van der Waals surface area contributed by atoms with Gasteiger partial charge in [-0.2, -0.15) is 0 Å². The van der Waals surface area contributed by atoms with E-state index < -0.39 is 0 Å². The third kappa shape index (κ3) is 2.79. The zero-order chi connectivity index (χ0) is 10.7. The number of aromatic nitrogens is 2. The summed E-state index contributed by atoms with van der Waals surface area (Å²) in [7, 11) is 0. The van der Waals surface area contributed by atoms with Crippen LogP contribution in [0.5, 0.6) is 0 Å². The fraction of sp³-hybridized carbons (Fsp3) is 0.545. The molecule has 0 unspecified atom stereocenters. The number of imidazole rings is 1. The highest BCUT2D eigenvalue weighted by Crippen LogP contribution is 2.12. The molecule has 0 atom stereocenters. The second-order valence-electron chi connectivity index (χ2n) is 4.04. The molecule has 0 aliphatic carbocycles. The maximum atomic E-state index is 4.54. The summed E-state index contributed by atoms with van der Waals surface area (Å²) in [4.78, 5) is 5.64. The number of rotatable bonds is 5. The zero-order valence-corrected chi connectivity index (χ0v) is 10.0. The first-order valence-corrected chi connectivity index (χ1v) is 6.28. The van der Waals surface area contributed by atoms with Crippen LogP contribution in [0, 0.1) is 0 Å². The molecule has 0 radical (unpaired) electrons. The molecule has 0 aliphatic rings. The fourth-order valence-electron chi connectivity index (χ4n) is 1.56. The van der Waals surface area contributed by atoms with E-state index in [1.54, 1.807) is 11.3 Å². The van der Waals surface area contributed by atoms with Gasteiger partial charge in [-0.3, -0.25) is 4.40 Å². The Morgan fingerprint density at radius 3 is 3.13 bits per heavy atom. The van der Waals surface area contributed by atoms with Crippen LogP contribution < -0.4 is 5.32 Å². The van der Waals surface area contributed by atoms with Crippen molar-refractivity contribution in [2.24, 2.45) is 0 Å². The van der Waals surface area contributed by atoms with Crippen molar-refractivity contribution in [1.29, 1.82) is 0 Å². The van der Waals surface area contributed by atoms with E-state index in [0.717, 1.165) is 24.3 Å². The van der Waals surface area contributed by atoms with Crippen LogP contribution >= 0.6 is 11.3 Å². The van der Waals surface area contributed by atoms with Crippen molar-refractivity contribution in [3.63, 3.8) is 0 Å². The second kappa shape index (κ2) is 4.77. The Bertz CT molecular complexity index is 388. The topological polar surface area (TPSA) is 29.3 Å². The van der Waals surface area contributed by atoms with E-state index in [9.17, 15) is 0 Å². The first kappa shape index (κ1) is 10.6. The van der Waals surface area contributed by atoms with Crippen LogP contribution in [0.25, 0.3) is 4.96 Å². The van der Waals surface area contributed by atoms with Gasteiger partial charge in [-0.25, -0.2) is 4.98 Å². The van der Waals surface area contributed by atoms with Crippen LogP contribution in [0.4, 0.5) is 0 Å². The highest BCUT2D eigenvalue weighted by molar-refractivity contribution is 7.15. The average molecular weight is 223 g/mol. The number of nitrogens with one attached hydrogen (secondary N) is 1. The number of hydrogen-bond acceptors (Lipinski definition) is 3. The van der Waals surface area contributed by atoms with Crippen LogP contribution in [0.15, 0.2) is 17.8 Å². The Morgan fingerprint density at radius 2 is 2.40 bits per heavy atom. The number of hydrogen-bond donors (Lipinski definition) is 1. The fourth-order valence-corrected chi connectivity index (χ4v) is 2.28. The third-order valence-corrected chi connectivity index (χ3v) is 3.08. The van der Waals surface area contributed by atoms with Gasteiger partial charge < -0.3 is 5.32 Å². The first-order chi connectivity index (χ1) is 7.25. The summed E-state index contributed by atoms with van der Waals surface area (Å²) >= 11 is 1.69. The molecule has 0 aliphatic heterocycles. The monoisotopic (exact) mass is 223 g/mol. The predicted molar refractivity (Wildman–Crippen MR) is 64.5 cm³/mol. The summed E-state index contributed by atoms with van der Waals surface area (Å²) in [5.74, 6) is 0. The Kier molecular flexibility index (Phi) is 3.38. The summed E-state index contributed by atoms with van der Waals surface area (Å²) in [5.41, 5.74) is 1.20. The summed E-state index contributed by atoms with van der Waals surface area (Å²) in [5, 5.41) is 5.47. The van der Waals surface area contributed by atoms with Crippen LogP contribution in [0.3, 0.4) is 0 Å². The summed E-state index contributed by atoms with van der Waals surface area (Å²) < 4.78 is 2.09. The van der Waals surface area contributed by atoms with Gasteiger partial charge in [0.2, 0.25) is 0 Å². The third-order valence-electron chi connectivity index (χ3n) is 2.31. The van der Waals surface area contributed by atoms with Gasteiger partial charge in [0.05, 0.1) is 5.69 Å². The molecule has 0 saturated heterocycles.